The van der Waals surface area contributed by atoms with Gasteiger partial charge in [0.2, 0.25) is 5.91 Å². The Morgan fingerprint density at radius 2 is 1.67 bits per heavy atom. The van der Waals surface area contributed by atoms with Crippen molar-refractivity contribution in [2.45, 2.75) is 57.0 Å². The molecule has 36 heavy (non-hydrogen) atoms. The van der Waals surface area contributed by atoms with Gasteiger partial charge in [0.05, 0.1) is 4.92 Å². The van der Waals surface area contributed by atoms with Crippen LogP contribution >= 0.6 is 0 Å². The first-order chi connectivity index (χ1) is 17.6. The Morgan fingerprint density at radius 3 is 2.36 bits per heavy atom. The molecule has 0 aliphatic heterocycles. The summed E-state index contributed by atoms with van der Waals surface area (Å²) < 4.78 is 2.14. The molecule has 6 nitrogen and oxygen atoms in total. The van der Waals surface area contributed by atoms with E-state index in [1.54, 1.807) is 12.1 Å². The SMILES string of the molecule is O=C(CC(c1ccccc1)c1cn(Cc2ccccc2)c2ccc([N+](=O)[O-])cc12)NC1CCCCC1. The zero-order valence-corrected chi connectivity index (χ0v) is 20.3. The second-order valence-corrected chi connectivity index (χ2v) is 9.73. The van der Waals surface area contributed by atoms with Crippen molar-refractivity contribution >= 4 is 22.5 Å². The van der Waals surface area contributed by atoms with E-state index in [1.807, 2.05) is 54.6 Å². The van der Waals surface area contributed by atoms with Crippen molar-refractivity contribution in [2.75, 3.05) is 0 Å². The second-order valence-electron chi connectivity index (χ2n) is 9.73. The quantitative estimate of drug-likeness (QED) is 0.228. The minimum absolute atomic E-state index is 0.0325. The van der Waals surface area contributed by atoms with E-state index in [0.29, 0.717) is 13.0 Å². The maximum absolute atomic E-state index is 13.3. The molecule has 5 rings (SSSR count). The summed E-state index contributed by atoms with van der Waals surface area (Å²) in [6.45, 7) is 0.644. The molecule has 3 aromatic carbocycles. The van der Waals surface area contributed by atoms with Crippen LogP contribution in [0, 0.1) is 10.1 Å². The number of hydrogen-bond donors (Lipinski definition) is 1. The highest BCUT2D eigenvalue weighted by Gasteiger charge is 2.25. The summed E-state index contributed by atoms with van der Waals surface area (Å²) in [4.78, 5) is 24.5. The fourth-order valence-corrected chi connectivity index (χ4v) is 5.43. The molecule has 1 saturated carbocycles. The molecule has 6 heteroatoms. The molecule has 0 saturated heterocycles. The van der Waals surface area contributed by atoms with Gasteiger partial charge in [-0.1, -0.05) is 79.9 Å². The molecule has 1 aromatic heterocycles. The lowest BCUT2D eigenvalue weighted by Crippen LogP contribution is -2.36. The van der Waals surface area contributed by atoms with E-state index in [2.05, 4.69) is 28.2 Å². The summed E-state index contributed by atoms with van der Waals surface area (Å²) in [7, 11) is 0. The average molecular weight is 482 g/mol. The van der Waals surface area contributed by atoms with Crippen molar-refractivity contribution in [1.29, 1.82) is 0 Å². The highest BCUT2D eigenvalue weighted by molar-refractivity contribution is 5.88. The number of aromatic nitrogens is 1. The highest BCUT2D eigenvalue weighted by atomic mass is 16.6. The van der Waals surface area contributed by atoms with Crippen LogP contribution in [0.3, 0.4) is 0 Å². The van der Waals surface area contributed by atoms with E-state index in [0.717, 1.165) is 53.3 Å². The van der Waals surface area contributed by atoms with Gasteiger partial charge < -0.3 is 9.88 Å². The van der Waals surface area contributed by atoms with Gasteiger partial charge in [-0.05, 0) is 35.6 Å². The van der Waals surface area contributed by atoms with Crippen LogP contribution in [0.5, 0.6) is 0 Å². The third-order valence-corrected chi connectivity index (χ3v) is 7.24. The summed E-state index contributed by atoms with van der Waals surface area (Å²) in [5, 5.41) is 15.7. The predicted octanol–water partition coefficient (Wildman–Crippen LogP) is 6.57. The third kappa shape index (κ3) is 5.33. The minimum Gasteiger partial charge on any atom is -0.353 e. The van der Waals surface area contributed by atoms with Gasteiger partial charge in [0.25, 0.3) is 5.69 Å². The number of nitro groups is 1. The van der Waals surface area contributed by atoms with E-state index in [4.69, 9.17) is 0 Å². The van der Waals surface area contributed by atoms with Gasteiger partial charge in [0.1, 0.15) is 0 Å². The molecule has 1 heterocycles. The summed E-state index contributed by atoms with van der Waals surface area (Å²) >= 11 is 0. The normalized spacial score (nSPS) is 15.0. The van der Waals surface area contributed by atoms with Crippen LogP contribution in [0.2, 0.25) is 0 Å². The number of amides is 1. The monoisotopic (exact) mass is 481 g/mol. The van der Waals surface area contributed by atoms with Crippen LogP contribution in [0.15, 0.2) is 85.1 Å². The minimum atomic E-state index is -0.356. The van der Waals surface area contributed by atoms with E-state index in [9.17, 15) is 14.9 Å². The van der Waals surface area contributed by atoms with E-state index in [1.165, 1.54) is 6.42 Å². The maximum atomic E-state index is 13.3. The van der Waals surface area contributed by atoms with Crippen LogP contribution in [0.4, 0.5) is 5.69 Å². The first kappa shape index (κ1) is 23.8. The van der Waals surface area contributed by atoms with Crippen molar-refractivity contribution in [3.63, 3.8) is 0 Å². The third-order valence-electron chi connectivity index (χ3n) is 7.24. The van der Waals surface area contributed by atoms with Crippen molar-refractivity contribution in [1.82, 2.24) is 9.88 Å². The van der Waals surface area contributed by atoms with E-state index >= 15 is 0 Å². The molecule has 184 valence electrons. The molecule has 1 amide bonds. The molecule has 1 unspecified atom stereocenters. The molecule has 1 fully saturated rings. The lowest BCUT2D eigenvalue weighted by molar-refractivity contribution is -0.384. The number of rotatable bonds is 8. The Hall–Kier alpha value is -3.93. The number of non-ortho nitro benzene ring substituents is 1. The number of carbonyl (C=O) groups excluding carboxylic acids is 1. The number of carbonyl (C=O) groups is 1. The van der Waals surface area contributed by atoms with Crippen LogP contribution in [0.25, 0.3) is 10.9 Å². The van der Waals surface area contributed by atoms with Crippen LogP contribution in [-0.4, -0.2) is 21.4 Å². The summed E-state index contributed by atoms with van der Waals surface area (Å²) in [5.41, 5.74) is 4.09. The molecule has 4 aromatic rings. The largest absolute Gasteiger partial charge is 0.353 e. The molecule has 0 radical (unpaired) electrons. The topological polar surface area (TPSA) is 77.2 Å². The van der Waals surface area contributed by atoms with E-state index < -0.39 is 0 Å². The van der Waals surface area contributed by atoms with Gasteiger partial charge in [-0.25, -0.2) is 0 Å². The summed E-state index contributed by atoms with van der Waals surface area (Å²) in [6, 6.07) is 25.4. The highest BCUT2D eigenvalue weighted by Crippen LogP contribution is 2.37. The summed E-state index contributed by atoms with van der Waals surface area (Å²) in [6.07, 6.45) is 7.99. The van der Waals surface area contributed by atoms with Crippen LogP contribution < -0.4 is 5.32 Å². The van der Waals surface area contributed by atoms with Crippen molar-refractivity contribution in [2.24, 2.45) is 0 Å². The Labute approximate surface area is 211 Å². The zero-order valence-electron chi connectivity index (χ0n) is 20.3. The first-order valence-corrected chi connectivity index (χ1v) is 12.7. The van der Waals surface area contributed by atoms with Gasteiger partial charge >= 0.3 is 0 Å². The van der Waals surface area contributed by atoms with Crippen LogP contribution in [-0.2, 0) is 11.3 Å². The standard InChI is InChI=1S/C30H31N3O3/c34-30(31-24-14-8-3-9-15-24)19-26(23-12-6-2-7-13-23)28-21-32(20-22-10-4-1-5-11-22)29-17-16-25(33(35)36)18-27(28)29/h1-2,4-7,10-13,16-18,21,24,26H,3,8-9,14-15,19-20H2,(H,31,34). The van der Waals surface area contributed by atoms with Gasteiger partial charge in [-0.15, -0.1) is 0 Å². The molecule has 1 N–H and O–H groups in total. The Morgan fingerprint density at radius 1 is 0.972 bits per heavy atom. The maximum Gasteiger partial charge on any atom is 0.270 e. The average Bonchev–Trinajstić information content (AvgIpc) is 3.26. The molecular weight excluding hydrogens is 450 g/mol. The number of nitrogens with zero attached hydrogens (tertiary/aromatic N) is 2. The molecular formula is C30H31N3O3. The Bertz CT molecular complexity index is 1340. The van der Waals surface area contributed by atoms with Crippen molar-refractivity contribution in [3.8, 4) is 0 Å². The van der Waals surface area contributed by atoms with Gasteiger partial charge in [-0.2, -0.15) is 0 Å². The van der Waals surface area contributed by atoms with E-state index in [-0.39, 0.29) is 28.5 Å². The zero-order chi connectivity index (χ0) is 24.9. The second kappa shape index (κ2) is 10.8. The molecule has 0 spiro atoms. The van der Waals surface area contributed by atoms with Gasteiger partial charge in [0, 0.05) is 54.2 Å². The number of hydrogen-bond acceptors (Lipinski definition) is 3. The van der Waals surface area contributed by atoms with Gasteiger partial charge in [-0.3, -0.25) is 14.9 Å². The molecule has 1 atom stereocenters. The fourth-order valence-electron chi connectivity index (χ4n) is 5.43. The smallest absolute Gasteiger partial charge is 0.270 e. The van der Waals surface area contributed by atoms with Crippen LogP contribution in [0.1, 0.15) is 61.1 Å². The van der Waals surface area contributed by atoms with Crippen molar-refractivity contribution in [3.05, 3.63) is 112 Å². The van der Waals surface area contributed by atoms with Crippen molar-refractivity contribution < 1.29 is 9.72 Å². The first-order valence-electron chi connectivity index (χ1n) is 12.7. The number of benzene rings is 3. The lowest BCUT2D eigenvalue weighted by Gasteiger charge is -2.24. The molecule has 0 bridgehead atoms. The number of nitro benzene ring substituents is 1. The lowest BCUT2D eigenvalue weighted by atomic mass is 9.87. The molecule has 1 aliphatic carbocycles. The fraction of sp³-hybridized carbons (Fsp3) is 0.300. The Balaban J connectivity index is 1.56. The number of fused-ring (bicyclic) bond motifs is 1. The Kier molecular flexibility index (Phi) is 7.12. The molecule has 1 aliphatic rings. The van der Waals surface area contributed by atoms with Gasteiger partial charge in [0.15, 0.2) is 0 Å². The number of nitrogens with one attached hydrogen (secondary N) is 1. The summed E-state index contributed by atoms with van der Waals surface area (Å²) in [5.74, 6) is -0.179. The predicted molar refractivity (Wildman–Crippen MR) is 142 cm³/mol.